The van der Waals surface area contributed by atoms with Gasteiger partial charge in [-0.1, -0.05) is 12.1 Å². The molecular weight excluding hydrogens is 392 g/mol. The topological polar surface area (TPSA) is 107 Å². The van der Waals surface area contributed by atoms with Gasteiger partial charge in [0.05, 0.1) is 6.61 Å². The first-order valence-electron chi connectivity index (χ1n) is 9.83. The van der Waals surface area contributed by atoms with Crippen LogP contribution in [0.3, 0.4) is 0 Å². The highest BCUT2D eigenvalue weighted by atomic mass is 16.5. The van der Waals surface area contributed by atoms with Crippen molar-refractivity contribution in [2.24, 2.45) is 10.7 Å². The van der Waals surface area contributed by atoms with E-state index in [-0.39, 0.29) is 11.7 Å². The monoisotopic (exact) mass is 416 g/mol. The maximum Gasteiger partial charge on any atom is 0.279 e. The van der Waals surface area contributed by atoms with E-state index in [0.29, 0.717) is 34.7 Å². The molecule has 0 unspecified atom stereocenters. The van der Waals surface area contributed by atoms with E-state index in [2.05, 4.69) is 15.3 Å². The van der Waals surface area contributed by atoms with E-state index in [1.165, 1.54) is 0 Å². The number of nitrogens with one attached hydrogen (secondary N) is 1. The van der Waals surface area contributed by atoms with Crippen LogP contribution in [0.15, 0.2) is 65.9 Å². The van der Waals surface area contributed by atoms with Crippen LogP contribution in [0.25, 0.3) is 0 Å². The highest BCUT2D eigenvalue weighted by Gasteiger charge is 2.13. The van der Waals surface area contributed by atoms with Crippen LogP contribution < -0.4 is 15.8 Å². The molecule has 1 heterocycles. The molecule has 2 amide bonds. The van der Waals surface area contributed by atoms with Crippen molar-refractivity contribution in [3.05, 3.63) is 88.7 Å². The zero-order valence-corrected chi connectivity index (χ0v) is 17.7. The molecule has 2 aromatic carbocycles. The van der Waals surface area contributed by atoms with E-state index in [1.807, 2.05) is 26.8 Å². The molecule has 7 heteroatoms. The van der Waals surface area contributed by atoms with Crippen LogP contribution in [0, 0.1) is 13.8 Å². The first-order chi connectivity index (χ1) is 14.9. The molecule has 0 aliphatic heterocycles. The molecule has 0 atom stereocenters. The lowest BCUT2D eigenvalue weighted by Gasteiger charge is -2.10. The van der Waals surface area contributed by atoms with Gasteiger partial charge in [0.2, 0.25) is 0 Å². The van der Waals surface area contributed by atoms with Gasteiger partial charge in [-0.05, 0) is 68.3 Å². The number of anilines is 1. The van der Waals surface area contributed by atoms with Crippen LogP contribution in [0.5, 0.6) is 5.75 Å². The van der Waals surface area contributed by atoms with Crippen molar-refractivity contribution in [3.8, 4) is 5.75 Å². The third kappa shape index (κ3) is 5.33. The van der Waals surface area contributed by atoms with E-state index in [4.69, 9.17) is 10.5 Å². The Morgan fingerprint density at radius 2 is 1.71 bits per heavy atom. The van der Waals surface area contributed by atoms with Crippen LogP contribution in [0.2, 0.25) is 0 Å². The number of aromatic nitrogens is 1. The molecule has 1 aromatic heterocycles. The summed E-state index contributed by atoms with van der Waals surface area (Å²) in [5.41, 5.74) is 9.87. The molecule has 3 aromatic rings. The third-order valence-electron chi connectivity index (χ3n) is 4.66. The van der Waals surface area contributed by atoms with Gasteiger partial charge in [0.25, 0.3) is 11.8 Å². The van der Waals surface area contributed by atoms with Crippen molar-refractivity contribution < 1.29 is 14.3 Å². The number of amides is 2. The lowest BCUT2D eigenvalue weighted by atomic mass is 10.0. The van der Waals surface area contributed by atoms with E-state index in [0.717, 1.165) is 11.1 Å². The molecule has 0 aliphatic rings. The number of carbonyl (C=O) groups is 2. The summed E-state index contributed by atoms with van der Waals surface area (Å²) >= 11 is 0. The smallest absolute Gasteiger partial charge is 0.279 e. The van der Waals surface area contributed by atoms with Gasteiger partial charge < -0.3 is 15.8 Å². The zero-order chi connectivity index (χ0) is 22.4. The molecule has 0 fully saturated rings. The Labute approximate surface area is 181 Å². The number of rotatable bonds is 6. The summed E-state index contributed by atoms with van der Waals surface area (Å²) in [6, 6.07) is 13.6. The Kier molecular flexibility index (Phi) is 6.77. The fourth-order valence-corrected chi connectivity index (χ4v) is 3.01. The maximum atomic E-state index is 12.6. The van der Waals surface area contributed by atoms with Gasteiger partial charge in [0.15, 0.2) is 0 Å². The minimum absolute atomic E-state index is 0.0853. The maximum absolute atomic E-state index is 12.6. The SMILES string of the molecule is CCOc1cc(C(=O)N=C(N)c2ccc(C(=O)Nc3ccncc3)cc2C)ccc1C. The van der Waals surface area contributed by atoms with Gasteiger partial charge in [-0.15, -0.1) is 0 Å². The molecule has 0 bridgehead atoms. The lowest BCUT2D eigenvalue weighted by Crippen LogP contribution is -2.18. The Bertz CT molecular complexity index is 1140. The van der Waals surface area contributed by atoms with Crippen molar-refractivity contribution in [2.45, 2.75) is 20.8 Å². The normalized spacial score (nSPS) is 11.1. The predicted octanol–water partition coefficient (Wildman–Crippen LogP) is 3.90. The Hall–Kier alpha value is -4.00. The molecule has 0 saturated heterocycles. The van der Waals surface area contributed by atoms with E-state index < -0.39 is 5.91 Å². The fourth-order valence-electron chi connectivity index (χ4n) is 3.01. The van der Waals surface area contributed by atoms with Gasteiger partial charge in [0, 0.05) is 34.8 Å². The second kappa shape index (κ2) is 9.67. The number of aliphatic imine (C=N–C) groups is 1. The number of carbonyl (C=O) groups excluding carboxylic acids is 2. The standard InChI is InChI=1S/C24H24N4O3/c1-4-31-21-14-18(6-5-15(21)2)24(30)28-22(25)20-8-7-17(13-16(20)3)23(29)27-19-9-11-26-12-10-19/h5-14H,4H2,1-3H3,(H2,25,28,30)(H,26,27,29). The largest absolute Gasteiger partial charge is 0.494 e. The number of ether oxygens (including phenoxy) is 1. The number of pyridine rings is 1. The first-order valence-corrected chi connectivity index (χ1v) is 9.83. The summed E-state index contributed by atoms with van der Waals surface area (Å²) in [7, 11) is 0. The molecule has 3 N–H and O–H groups in total. The highest BCUT2D eigenvalue weighted by molar-refractivity contribution is 6.10. The molecule has 7 nitrogen and oxygen atoms in total. The van der Waals surface area contributed by atoms with E-state index in [1.54, 1.807) is 54.9 Å². The Balaban J connectivity index is 1.79. The lowest BCUT2D eigenvalue weighted by molar-refractivity contribution is 0.0999. The Morgan fingerprint density at radius 1 is 1.00 bits per heavy atom. The van der Waals surface area contributed by atoms with Crippen molar-refractivity contribution in [1.82, 2.24) is 4.98 Å². The van der Waals surface area contributed by atoms with Crippen LogP contribution >= 0.6 is 0 Å². The van der Waals surface area contributed by atoms with Gasteiger partial charge in [-0.3, -0.25) is 14.6 Å². The number of hydrogen-bond acceptors (Lipinski definition) is 4. The predicted molar refractivity (Wildman–Crippen MR) is 121 cm³/mol. The number of aryl methyl sites for hydroxylation is 2. The first kappa shape index (κ1) is 21.7. The Morgan fingerprint density at radius 3 is 2.39 bits per heavy atom. The molecule has 0 spiro atoms. The number of amidine groups is 1. The average molecular weight is 416 g/mol. The van der Waals surface area contributed by atoms with Crippen LogP contribution in [-0.2, 0) is 0 Å². The van der Waals surface area contributed by atoms with Crippen molar-refractivity contribution in [2.75, 3.05) is 11.9 Å². The van der Waals surface area contributed by atoms with Gasteiger partial charge in [0.1, 0.15) is 11.6 Å². The molecular formula is C24H24N4O3. The molecule has 3 rings (SSSR count). The van der Waals surface area contributed by atoms with E-state index in [9.17, 15) is 9.59 Å². The minimum atomic E-state index is -0.461. The zero-order valence-electron chi connectivity index (χ0n) is 17.7. The summed E-state index contributed by atoms with van der Waals surface area (Å²) in [5.74, 6) is 0.0119. The van der Waals surface area contributed by atoms with Crippen molar-refractivity contribution >= 4 is 23.3 Å². The van der Waals surface area contributed by atoms with Gasteiger partial charge >= 0.3 is 0 Å². The quantitative estimate of drug-likeness (QED) is 0.468. The van der Waals surface area contributed by atoms with E-state index >= 15 is 0 Å². The summed E-state index contributed by atoms with van der Waals surface area (Å²) in [5, 5.41) is 2.80. The third-order valence-corrected chi connectivity index (χ3v) is 4.66. The summed E-state index contributed by atoms with van der Waals surface area (Å²) in [4.78, 5) is 33.0. The average Bonchev–Trinajstić information content (AvgIpc) is 2.75. The second-order valence-electron chi connectivity index (χ2n) is 6.94. The van der Waals surface area contributed by atoms with Crippen LogP contribution in [0.1, 0.15) is 44.3 Å². The second-order valence-corrected chi connectivity index (χ2v) is 6.94. The van der Waals surface area contributed by atoms with Crippen molar-refractivity contribution in [3.63, 3.8) is 0 Å². The number of nitrogens with zero attached hydrogens (tertiary/aromatic N) is 2. The minimum Gasteiger partial charge on any atom is -0.494 e. The number of nitrogens with two attached hydrogens (primary N) is 1. The van der Waals surface area contributed by atoms with Gasteiger partial charge in [-0.2, -0.15) is 4.99 Å². The summed E-state index contributed by atoms with van der Waals surface area (Å²) < 4.78 is 5.54. The molecule has 158 valence electrons. The fraction of sp³-hybridized carbons (Fsp3) is 0.167. The highest BCUT2D eigenvalue weighted by Crippen LogP contribution is 2.20. The number of hydrogen-bond donors (Lipinski definition) is 2. The summed E-state index contributed by atoms with van der Waals surface area (Å²) in [6.45, 7) is 6.11. The van der Waals surface area contributed by atoms with Gasteiger partial charge in [-0.25, -0.2) is 0 Å². The van der Waals surface area contributed by atoms with Crippen LogP contribution in [-0.4, -0.2) is 29.2 Å². The van der Waals surface area contributed by atoms with Crippen LogP contribution in [0.4, 0.5) is 5.69 Å². The number of benzene rings is 2. The molecule has 0 saturated carbocycles. The molecule has 0 aliphatic carbocycles. The molecule has 0 radical (unpaired) electrons. The van der Waals surface area contributed by atoms with Crippen molar-refractivity contribution in [1.29, 1.82) is 0 Å². The summed E-state index contributed by atoms with van der Waals surface area (Å²) in [6.07, 6.45) is 3.20. The molecule has 31 heavy (non-hydrogen) atoms.